The molecule has 0 aliphatic carbocycles. The van der Waals surface area contributed by atoms with Gasteiger partial charge in [0.05, 0.1) is 11.5 Å². The molecule has 1 aliphatic rings. The molecule has 1 aromatic carbocycles. The number of nitro benzene ring substituents is 1. The molecule has 0 unspecified atom stereocenters. The van der Waals surface area contributed by atoms with Crippen molar-refractivity contribution >= 4 is 24.1 Å². The van der Waals surface area contributed by atoms with Crippen LogP contribution in [0.25, 0.3) is 0 Å². The number of amides is 2. The minimum Gasteiger partial charge on any atom is -0.334 e. The number of nitro groups is 1. The molecule has 2 rings (SSSR count). The minimum absolute atomic E-state index is 0. The molecule has 0 saturated carbocycles. The fraction of sp³-hybridized carbons (Fsp3) is 0.438. The maximum absolute atomic E-state index is 12.5. The van der Waals surface area contributed by atoms with Gasteiger partial charge in [-0.1, -0.05) is 24.3 Å². The molecule has 0 bridgehead atoms. The Morgan fingerprint density at radius 2 is 2.08 bits per heavy atom. The highest BCUT2D eigenvalue weighted by Gasteiger charge is 2.24. The molecule has 0 radical (unpaired) electrons. The lowest BCUT2D eigenvalue weighted by atomic mass is 10.1. The number of para-hydroxylation sites is 1. The van der Waals surface area contributed by atoms with Gasteiger partial charge in [-0.25, -0.2) is 4.79 Å². The lowest BCUT2D eigenvalue weighted by Gasteiger charge is -2.34. The molecule has 0 aromatic heterocycles. The largest absolute Gasteiger partial charge is 0.334 e. The Hall–Kier alpha value is -2.12. The van der Waals surface area contributed by atoms with Gasteiger partial charge in [0, 0.05) is 24.2 Å². The zero-order chi connectivity index (χ0) is 16.7. The highest BCUT2D eigenvalue weighted by atomic mass is 35.5. The number of hydrogen-bond donors (Lipinski definition) is 2. The van der Waals surface area contributed by atoms with E-state index in [4.69, 9.17) is 0 Å². The van der Waals surface area contributed by atoms with Crippen molar-refractivity contribution in [2.24, 2.45) is 0 Å². The molecule has 1 fully saturated rings. The van der Waals surface area contributed by atoms with Crippen LogP contribution in [-0.2, 0) is 6.54 Å². The lowest BCUT2D eigenvalue weighted by Crippen LogP contribution is -2.49. The first-order valence-corrected chi connectivity index (χ1v) is 7.72. The summed E-state index contributed by atoms with van der Waals surface area (Å²) in [5, 5.41) is 17.1. The Morgan fingerprint density at radius 3 is 2.71 bits per heavy atom. The monoisotopic (exact) mass is 354 g/mol. The number of benzene rings is 1. The molecule has 1 aliphatic heterocycles. The molecule has 1 heterocycles. The molecule has 1 saturated heterocycles. The average Bonchev–Trinajstić information content (AvgIpc) is 2.58. The highest BCUT2D eigenvalue weighted by Crippen LogP contribution is 2.18. The van der Waals surface area contributed by atoms with Crippen molar-refractivity contribution < 1.29 is 9.72 Å². The van der Waals surface area contributed by atoms with E-state index in [0.717, 1.165) is 25.9 Å². The van der Waals surface area contributed by atoms with Gasteiger partial charge in [-0.05, 0) is 25.9 Å². The third-order valence-corrected chi connectivity index (χ3v) is 3.95. The summed E-state index contributed by atoms with van der Waals surface area (Å²) in [5.74, 6) is 0. The van der Waals surface area contributed by atoms with Crippen molar-refractivity contribution in [2.45, 2.75) is 25.4 Å². The van der Waals surface area contributed by atoms with E-state index in [-0.39, 0.29) is 36.7 Å². The fourth-order valence-electron chi connectivity index (χ4n) is 2.77. The van der Waals surface area contributed by atoms with E-state index in [9.17, 15) is 14.9 Å². The van der Waals surface area contributed by atoms with Crippen LogP contribution >= 0.6 is 12.4 Å². The molecule has 7 nitrogen and oxygen atoms in total. The molecule has 2 N–H and O–H groups in total. The van der Waals surface area contributed by atoms with Crippen LogP contribution in [0.4, 0.5) is 10.5 Å². The fourth-order valence-corrected chi connectivity index (χ4v) is 2.77. The molecule has 132 valence electrons. The van der Waals surface area contributed by atoms with E-state index < -0.39 is 4.92 Å². The summed E-state index contributed by atoms with van der Waals surface area (Å²) >= 11 is 0. The Labute approximate surface area is 147 Å². The van der Waals surface area contributed by atoms with Crippen molar-refractivity contribution in [3.05, 3.63) is 52.6 Å². The number of hydrogen-bond acceptors (Lipinski definition) is 4. The van der Waals surface area contributed by atoms with Gasteiger partial charge in [0.1, 0.15) is 0 Å². The smallest absolute Gasteiger partial charge is 0.318 e. The molecule has 2 amide bonds. The summed E-state index contributed by atoms with van der Waals surface area (Å²) in [6, 6.07) is 6.39. The lowest BCUT2D eigenvalue weighted by molar-refractivity contribution is -0.385. The third-order valence-electron chi connectivity index (χ3n) is 3.95. The molecule has 24 heavy (non-hydrogen) atoms. The second kappa shape index (κ2) is 9.89. The predicted molar refractivity (Wildman–Crippen MR) is 95.4 cm³/mol. The molecular weight excluding hydrogens is 332 g/mol. The first kappa shape index (κ1) is 19.9. The van der Waals surface area contributed by atoms with Gasteiger partial charge in [-0.2, -0.15) is 0 Å². The minimum atomic E-state index is -0.435. The first-order chi connectivity index (χ1) is 11.1. The van der Waals surface area contributed by atoms with E-state index in [1.54, 1.807) is 29.2 Å². The maximum atomic E-state index is 12.5. The zero-order valence-corrected chi connectivity index (χ0v) is 14.3. The van der Waals surface area contributed by atoms with Crippen LogP contribution in [0.1, 0.15) is 18.4 Å². The summed E-state index contributed by atoms with van der Waals surface area (Å²) in [5.41, 5.74) is 0.514. The topological polar surface area (TPSA) is 87.5 Å². The van der Waals surface area contributed by atoms with Gasteiger partial charge in [-0.15, -0.1) is 19.0 Å². The Morgan fingerprint density at radius 1 is 1.42 bits per heavy atom. The zero-order valence-electron chi connectivity index (χ0n) is 13.4. The van der Waals surface area contributed by atoms with Crippen LogP contribution < -0.4 is 10.6 Å². The van der Waals surface area contributed by atoms with Gasteiger partial charge in [0.15, 0.2) is 0 Å². The van der Waals surface area contributed by atoms with Gasteiger partial charge < -0.3 is 15.5 Å². The van der Waals surface area contributed by atoms with Gasteiger partial charge in [0.25, 0.3) is 5.69 Å². The van der Waals surface area contributed by atoms with Crippen molar-refractivity contribution in [3.63, 3.8) is 0 Å². The van der Waals surface area contributed by atoms with Gasteiger partial charge in [0.2, 0.25) is 0 Å². The van der Waals surface area contributed by atoms with E-state index in [1.807, 2.05) is 0 Å². The molecule has 0 atom stereocenters. The second-order valence-corrected chi connectivity index (χ2v) is 5.47. The van der Waals surface area contributed by atoms with E-state index >= 15 is 0 Å². The van der Waals surface area contributed by atoms with Gasteiger partial charge >= 0.3 is 6.03 Å². The standard InChI is InChI=1S/C16H22N4O3.ClH/c1-2-11-19(14-7-9-17-10-8-14)16(21)18-12-13-5-3-4-6-15(13)20(22)23;/h2-6,14,17H,1,7-12H2,(H,18,21);1H. The van der Waals surface area contributed by atoms with E-state index in [2.05, 4.69) is 17.2 Å². The van der Waals surface area contributed by atoms with Crippen LogP contribution in [0.3, 0.4) is 0 Å². The number of carbonyl (C=O) groups excluding carboxylic acids is 1. The molecule has 1 aromatic rings. The Balaban J connectivity index is 0.00000288. The SMILES string of the molecule is C=CCN(C(=O)NCc1ccccc1[N+](=O)[O-])C1CCNCC1.Cl. The number of halogens is 1. The van der Waals surface area contributed by atoms with Gasteiger partial charge in [-0.3, -0.25) is 10.1 Å². The van der Waals surface area contributed by atoms with Crippen molar-refractivity contribution in [1.29, 1.82) is 0 Å². The quantitative estimate of drug-likeness (QED) is 0.466. The summed E-state index contributed by atoms with van der Waals surface area (Å²) < 4.78 is 0. The number of urea groups is 1. The van der Waals surface area contributed by atoms with Crippen molar-refractivity contribution in [2.75, 3.05) is 19.6 Å². The van der Waals surface area contributed by atoms with Crippen LogP contribution in [0, 0.1) is 10.1 Å². The first-order valence-electron chi connectivity index (χ1n) is 7.72. The normalized spacial score (nSPS) is 14.3. The van der Waals surface area contributed by atoms with Crippen LogP contribution in [0.5, 0.6) is 0 Å². The summed E-state index contributed by atoms with van der Waals surface area (Å²) in [4.78, 5) is 24.8. The number of rotatable bonds is 6. The molecular formula is C16H23ClN4O3. The number of piperidine rings is 1. The predicted octanol–water partition coefficient (Wildman–Crippen LogP) is 2.47. The van der Waals surface area contributed by atoms with E-state index in [0.29, 0.717) is 12.1 Å². The molecule has 0 spiro atoms. The second-order valence-electron chi connectivity index (χ2n) is 5.47. The Bertz CT molecular complexity index is 576. The number of carbonyl (C=O) groups is 1. The number of nitrogens with one attached hydrogen (secondary N) is 2. The maximum Gasteiger partial charge on any atom is 0.318 e. The van der Waals surface area contributed by atoms with Crippen molar-refractivity contribution in [1.82, 2.24) is 15.5 Å². The van der Waals surface area contributed by atoms with E-state index in [1.165, 1.54) is 6.07 Å². The summed E-state index contributed by atoms with van der Waals surface area (Å²) in [6.07, 6.45) is 3.49. The average molecular weight is 355 g/mol. The summed E-state index contributed by atoms with van der Waals surface area (Å²) in [7, 11) is 0. The van der Waals surface area contributed by atoms with Crippen molar-refractivity contribution in [3.8, 4) is 0 Å². The molecule has 8 heteroatoms. The Kier molecular flexibility index (Phi) is 8.21. The van der Waals surface area contributed by atoms with Crippen LogP contribution in [0.2, 0.25) is 0 Å². The highest BCUT2D eigenvalue weighted by molar-refractivity contribution is 5.85. The summed E-state index contributed by atoms with van der Waals surface area (Å²) in [6.45, 7) is 6.08. The van der Waals surface area contributed by atoms with Crippen LogP contribution in [0.15, 0.2) is 36.9 Å². The third kappa shape index (κ3) is 5.21. The number of nitrogens with zero attached hydrogens (tertiary/aromatic N) is 2. The van der Waals surface area contributed by atoms with Crippen LogP contribution in [-0.4, -0.2) is 41.5 Å².